The molecule has 0 aliphatic carbocycles. The molecular formula is C24H24Cl2N2O. The number of hydrogen-bond acceptors (Lipinski definition) is 2. The fourth-order valence-corrected chi connectivity index (χ4v) is 3.70. The Morgan fingerprint density at radius 2 is 1.55 bits per heavy atom. The maximum atomic E-state index is 13.3. The number of benzene rings is 2. The number of pyridine rings is 1. The van der Waals surface area contributed by atoms with Gasteiger partial charge in [0, 0.05) is 41.1 Å². The van der Waals surface area contributed by atoms with Crippen molar-refractivity contribution in [2.24, 2.45) is 0 Å². The van der Waals surface area contributed by atoms with Gasteiger partial charge < -0.3 is 4.90 Å². The van der Waals surface area contributed by atoms with E-state index in [1.54, 1.807) is 23.4 Å². The van der Waals surface area contributed by atoms with Gasteiger partial charge in [-0.05, 0) is 58.5 Å². The Bertz CT molecular complexity index is 960. The van der Waals surface area contributed by atoms with Crippen molar-refractivity contribution in [3.63, 3.8) is 0 Å². The van der Waals surface area contributed by atoms with Gasteiger partial charge in [0.05, 0.1) is 0 Å². The van der Waals surface area contributed by atoms with Gasteiger partial charge in [0.2, 0.25) is 0 Å². The molecule has 0 atom stereocenters. The van der Waals surface area contributed by atoms with Crippen LogP contribution in [0.4, 0.5) is 0 Å². The average molecular weight is 427 g/mol. The summed E-state index contributed by atoms with van der Waals surface area (Å²) in [6.07, 6.45) is 3.49. The zero-order chi connectivity index (χ0) is 21.0. The SMILES string of the molecule is CC(C)(C)c1ccc(C(=O)N(Cc2cccnc2)Cc2cc(Cl)cc(Cl)c2)cc1. The van der Waals surface area contributed by atoms with E-state index in [0.717, 1.165) is 11.1 Å². The van der Waals surface area contributed by atoms with E-state index in [4.69, 9.17) is 23.2 Å². The summed E-state index contributed by atoms with van der Waals surface area (Å²) >= 11 is 12.3. The topological polar surface area (TPSA) is 33.2 Å². The van der Waals surface area contributed by atoms with Crippen LogP contribution in [0.1, 0.15) is 47.8 Å². The zero-order valence-electron chi connectivity index (χ0n) is 16.8. The summed E-state index contributed by atoms with van der Waals surface area (Å²) in [6, 6.07) is 17.0. The average Bonchev–Trinajstić information content (AvgIpc) is 2.66. The first-order chi connectivity index (χ1) is 13.7. The minimum atomic E-state index is -0.0505. The third kappa shape index (κ3) is 5.81. The Morgan fingerprint density at radius 1 is 0.931 bits per heavy atom. The van der Waals surface area contributed by atoms with E-state index in [0.29, 0.717) is 28.7 Å². The summed E-state index contributed by atoms with van der Waals surface area (Å²) in [6.45, 7) is 7.30. The molecule has 0 unspecified atom stereocenters. The molecule has 3 nitrogen and oxygen atoms in total. The van der Waals surface area contributed by atoms with Gasteiger partial charge in [0.1, 0.15) is 0 Å². The number of hydrogen-bond donors (Lipinski definition) is 0. The largest absolute Gasteiger partial charge is 0.330 e. The van der Waals surface area contributed by atoms with Gasteiger partial charge in [0.25, 0.3) is 5.91 Å². The molecule has 0 spiro atoms. The van der Waals surface area contributed by atoms with Crippen molar-refractivity contribution in [2.75, 3.05) is 0 Å². The molecule has 0 N–H and O–H groups in total. The zero-order valence-corrected chi connectivity index (χ0v) is 18.3. The lowest BCUT2D eigenvalue weighted by molar-refractivity contribution is 0.0730. The molecule has 0 fully saturated rings. The van der Waals surface area contributed by atoms with Crippen molar-refractivity contribution in [3.8, 4) is 0 Å². The summed E-state index contributed by atoms with van der Waals surface area (Å²) in [5.41, 5.74) is 3.71. The van der Waals surface area contributed by atoms with E-state index in [1.165, 1.54) is 5.56 Å². The predicted molar refractivity (Wildman–Crippen MR) is 119 cm³/mol. The van der Waals surface area contributed by atoms with Gasteiger partial charge >= 0.3 is 0 Å². The number of nitrogens with zero attached hydrogens (tertiary/aromatic N) is 2. The van der Waals surface area contributed by atoms with E-state index in [9.17, 15) is 4.79 Å². The smallest absolute Gasteiger partial charge is 0.254 e. The Balaban J connectivity index is 1.90. The van der Waals surface area contributed by atoms with Crippen LogP contribution in [0.2, 0.25) is 10.0 Å². The summed E-state index contributed by atoms with van der Waals surface area (Å²) in [5.74, 6) is -0.0505. The van der Waals surface area contributed by atoms with Crippen LogP contribution in [0.15, 0.2) is 67.0 Å². The van der Waals surface area contributed by atoms with Gasteiger partial charge in [-0.1, -0.05) is 62.2 Å². The van der Waals surface area contributed by atoms with E-state index in [1.807, 2.05) is 48.5 Å². The quantitative estimate of drug-likeness (QED) is 0.464. The molecule has 2 aromatic carbocycles. The van der Waals surface area contributed by atoms with Gasteiger partial charge in [0.15, 0.2) is 0 Å². The van der Waals surface area contributed by atoms with Gasteiger partial charge in [-0.25, -0.2) is 0 Å². The van der Waals surface area contributed by atoms with Crippen LogP contribution in [0.25, 0.3) is 0 Å². The van der Waals surface area contributed by atoms with Gasteiger partial charge in [-0.15, -0.1) is 0 Å². The highest BCUT2D eigenvalue weighted by Crippen LogP contribution is 2.24. The molecule has 150 valence electrons. The van der Waals surface area contributed by atoms with Gasteiger partial charge in [-0.3, -0.25) is 9.78 Å². The molecule has 0 aliphatic rings. The van der Waals surface area contributed by atoms with E-state index >= 15 is 0 Å². The second-order valence-electron chi connectivity index (χ2n) is 8.13. The second-order valence-corrected chi connectivity index (χ2v) is 9.00. The fraction of sp³-hybridized carbons (Fsp3) is 0.250. The highest BCUT2D eigenvalue weighted by atomic mass is 35.5. The number of carbonyl (C=O) groups is 1. The number of rotatable bonds is 5. The normalized spacial score (nSPS) is 11.3. The predicted octanol–water partition coefficient (Wildman–Crippen LogP) is 6.53. The van der Waals surface area contributed by atoms with Crippen LogP contribution < -0.4 is 0 Å². The maximum Gasteiger partial charge on any atom is 0.254 e. The number of carbonyl (C=O) groups excluding carboxylic acids is 1. The summed E-state index contributed by atoms with van der Waals surface area (Å²) in [5, 5.41) is 1.10. The van der Waals surface area contributed by atoms with Crippen molar-refractivity contribution in [3.05, 3.63) is 99.3 Å². The van der Waals surface area contributed by atoms with E-state index in [-0.39, 0.29) is 11.3 Å². The molecule has 0 aliphatic heterocycles. The Hall–Kier alpha value is -2.36. The van der Waals surface area contributed by atoms with Crippen molar-refractivity contribution in [1.29, 1.82) is 0 Å². The molecule has 1 heterocycles. The summed E-state index contributed by atoms with van der Waals surface area (Å²) in [7, 11) is 0. The molecule has 5 heteroatoms. The maximum absolute atomic E-state index is 13.3. The second kappa shape index (κ2) is 8.98. The van der Waals surface area contributed by atoms with Crippen LogP contribution >= 0.6 is 23.2 Å². The fourth-order valence-electron chi connectivity index (χ4n) is 3.13. The van der Waals surface area contributed by atoms with E-state index < -0.39 is 0 Å². The monoisotopic (exact) mass is 426 g/mol. The van der Waals surface area contributed by atoms with Crippen molar-refractivity contribution < 1.29 is 4.79 Å². The molecule has 3 aromatic rings. The standard InChI is InChI=1S/C24H24Cl2N2O/c1-24(2,3)20-8-6-19(7-9-20)23(29)28(15-17-5-4-10-27-14-17)16-18-11-21(25)13-22(26)12-18/h4-14H,15-16H2,1-3H3. The molecule has 0 saturated carbocycles. The number of halogens is 2. The van der Waals surface area contributed by atoms with Crippen molar-refractivity contribution in [1.82, 2.24) is 9.88 Å². The minimum Gasteiger partial charge on any atom is -0.330 e. The van der Waals surface area contributed by atoms with Gasteiger partial charge in [-0.2, -0.15) is 0 Å². The van der Waals surface area contributed by atoms with Crippen LogP contribution in [-0.4, -0.2) is 15.8 Å². The molecule has 3 rings (SSSR count). The third-order valence-electron chi connectivity index (χ3n) is 4.68. The molecule has 0 saturated heterocycles. The van der Waals surface area contributed by atoms with E-state index in [2.05, 4.69) is 25.8 Å². The first-order valence-corrected chi connectivity index (χ1v) is 10.2. The molecule has 0 bridgehead atoms. The highest BCUT2D eigenvalue weighted by Gasteiger charge is 2.19. The lowest BCUT2D eigenvalue weighted by Crippen LogP contribution is -2.30. The van der Waals surface area contributed by atoms with Crippen LogP contribution in [0.3, 0.4) is 0 Å². The number of amides is 1. The van der Waals surface area contributed by atoms with Crippen molar-refractivity contribution in [2.45, 2.75) is 39.3 Å². The number of aromatic nitrogens is 1. The lowest BCUT2D eigenvalue weighted by atomic mass is 9.86. The van der Waals surface area contributed by atoms with Crippen LogP contribution in [0, 0.1) is 0 Å². The molecule has 29 heavy (non-hydrogen) atoms. The summed E-state index contributed by atoms with van der Waals surface area (Å²) in [4.78, 5) is 19.3. The molecular weight excluding hydrogens is 403 g/mol. The Labute approximate surface area is 182 Å². The third-order valence-corrected chi connectivity index (χ3v) is 5.11. The molecule has 0 radical (unpaired) electrons. The van der Waals surface area contributed by atoms with Crippen LogP contribution in [-0.2, 0) is 18.5 Å². The highest BCUT2D eigenvalue weighted by molar-refractivity contribution is 6.34. The lowest BCUT2D eigenvalue weighted by Gasteiger charge is -2.24. The Kier molecular flexibility index (Phi) is 6.61. The van der Waals surface area contributed by atoms with Crippen LogP contribution in [0.5, 0.6) is 0 Å². The first kappa shape index (κ1) is 21.4. The molecule has 1 aromatic heterocycles. The summed E-state index contributed by atoms with van der Waals surface area (Å²) < 4.78 is 0. The van der Waals surface area contributed by atoms with Crippen molar-refractivity contribution >= 4 is 29.1 Å². The first-order valence-electron chi connectivity index (χ1n) is 9.46. The minimum absolute atomic E-state index is 0.0362. The Morgan fingerprint density at radius 3 is 2.10 bits per heavy atom. The molecule has 1 amide bonds.